The fourth-order valence-electron chi connectivity index (χ4n) is 1.94. The fraction of sp³-hybridized carbons (Fsp3) is 0.500. The summed E-state index contributed by atoms with van der Waals surface area (Å²) in [5.41, 5.74) is 1.99. The van der Waals surface area contributed by atoms with Gasteiger partial charge in [-0.1, -0.05) is 0 Å². The number of aryl methyl sites for hydroxylation is 1. The van der Waals surface area contributed by atoms with Gasteiger partial charge in [0.05, 0.1) is 4.47 Å². The largest absolute Gasteiger partial charge is 0.507 e. The molecule has 15 heavy (non-hydrogen) atoms. The van der Waals surface area contributed by atoms with Gasteiger partial charge in [0.25, 0.3) is 0 Å². The zero-order chi connectivity index (χ0) is 11.2. The molecule has 0 saturated heterocycles. The summed E-state index contributed by atoms with van der Waals surface area (Å²) in [4.78, 5) is 0. The second-order valence-electron chi connectivity index (χ2n) is 4.70. The van der Waals surface area contributed by atoms with Crippen LogP contribution in [0.15, 0.2) is 10.5 Å². The minimum absolute atomic E-state index is 0.103. The van der Waals surface area contributed by atoms with Gasteiger partial charge in [0.1, 0.15) is 17.1 Å². The van der Waals surface area contributed by atoms with Gasteiger partial charge in [-0.25, -0.2) is 0 Å². The second-order valence-corrected chi connectivity index (χ2v) is 5.49. The predicted molar refractivity (Wildman–Crippen MR) is 63.6 cm³/mol. The highest BCUT2D eigenvalue weighted by molar-refractivity contribution is 9.10. The lowest BCUT2D eigenvalue weighted by Crippen LogP contribution is -2.33. The molecule has 1 aromatic rings. The Morgan fingerprint density at radius 2 is 2.13 bits per heavy atom. The zero-order valence-electron chi connectivity index (χ0n) is 9.22. The molecule has 0 spiro atoms. The molecule has 1 heterocycles. The van der Waals surface area contributed by atoms with Gasteiger partial charge in [-0.15, -0.1) is 0 Å². The summed E-state index contributed by atoms with van der Waals surface area (Å²) in [6.45, 7) is 6.15. The number of phenols is 1. The van der Waals surface area contributed by atoms with E-state index in [1.165, 1.54) is 0 Å². The molecule has 0 saturated carbocycles. The van der Waals surface area contributed by atoms with E-state index in [1.54, 1.807) is 6.07 Å². The maximum absolute atomic E-state index is 9.68. The third-order valence-electron chi connectivity index (χ3n) is 2.83. The Bertz CT molecular complexity index is 411. The molecular weight excluding hydrogens is 256 g/mol. The van der Waals surface area contributed by atoms with Crippen molar-refractivity contribution in [1.29, 1.82) is 0 Å². The van der Waals surface area contributed by atoms with Crippen LogP contribution < -0.4 is 4.74 Å². The monoisotopic (exact) mass is 270 g/mol. The van der Waals surface area contributed by atoms with Crippen LogP contribution in [0.5, 0.6) is 11.5 Å². The van der Waals surface area contributed by atoms with E-state index >= 15 is 0 Å². The van der Waals surface area contributed by atoms with Gasteiger partial charge in [0.2, 0.25) is 0 Å². The van der Waals surface area contributed by atoms with Crippen molar-refractivity contribution in [2.45, 2.75) is 39.2 Å². The maximum Gasteiger partial charge on any atom is 0.130 e. The first kappa shape index (κ1) is 10.8. The van der Waals surface area contributed by atoms with E-state index in [1.807, 2.05) is 6.92 Å². The highest BCUT2D eigenvalue weighted by Gasteiger charge is 2.29. The van der Waals surface area contributed by atoms with Crippen LogP contribution in [-0.2, 0) is 6.42 Å². The van der Waals surface area contributed by atoms with E-state index in [0.717, 1.165) is 34.2 Å². The van der Waals surface area contributed by atoms with Crippen LogP contribution in [0.25, 0.3) is 0 Å². The molecule has 1 aliphatic rings. The molecule has 0 amide bonds. The van der Waals surface area contributed by atoms with E-state index in [2.05, 4.69) is 29.8 Å². The number of fused-ring (bicyclic) bond motifs is 1. The third-order valence-corrected chi connectivity index (χ3v) is 3.72. The molecule has 2 rings (SSSR count). The SMILES string of the molecule is Cc1cc(O)c(Br)c2c1OC(C)(C)CC2. The van der Waals surface area contributed by atoms with E-state index in [9.17, 15) is 5.11 Å². The summed E-state index contributed by atoms with van der Waals surface area (Å²) >= 11 is 3.41. The Labute approximate surface area is 98.4 Å². The first-order chi connectivity index (χ1) is 6.91. The molecule has 0 unspecified atom stereocenters. The van der Waals surface area contributed by atoms with Crippen LogP contribution in [0.4, 0.5) is 0 Å². The lowest BCUT2D eigenvalue weighted by Gasteiger charge is -2.34. The van der Waals surface area contributed by atoms with Crippen molar-refractivity contribution in [3.8, 4) is 11.5 Å². The Hall–Kier alpha value is -0.700. The first-order valence-electron chi connectivity index (χ1n) is 5.11. The van der Waals surface area contributed by atoms with Gasteiger partial charge in [0.15, 0.2) is 0 Å². The van der Waals surface area contributed by atoms with Crippen LogP contribution in [0.1, 0.15) is 31.4 Å². The Morgan fingerprint density at radius 3 is 2.80 bits per heavy atom. The van der Waals surface area contributed by atoms with E-state index in [4.69, 9.17) is 4.74 Å². The number of rotatable bonds is 0. The van der Waals surface area contributed by atoms with Crippen molar-refractivity contribution in [3.05, 3.63) is 21.7 Å². The summed E-state index contributed by atoms with van der Waals surface area (Å²) < 4.78 is 6.72. The number of aromatic hydroxyl groups is 1. The Balaban J connectivity index is 2.56. The summed E-state index contributed by atoms with van der Waals surface area (Å²) in [6, 6.07) is 1.74. The van der Waals surface area contributed by atoms with Crippen molar-refractivity contribution in [3.63, 3.8) is 0 Å². The lowest BCUT2D eigenvalue weighted by atomic mass is 9.93. The van der Waals surface area contributed by atoms with Gasteiger partial charge < -0.3 is 9.84 Å². The van der Waals surface area contributed by atoms with E-state index in [0.29, 0.717) is 5.75 Å². The topological polar surface area (TPSA) is 29.5 Å². The van der Waals surface area contributed by atoms with Crippen LogP contribution in [0.2, 0.25) is 0 Å². The predicted octanol–water partition coefficient (Wildman–Crippen LogP) is 3.57. The van der Waals surface area contributed by atoms with Gasteiger partial charge >= 0.3 is 0 Å². The molecule has 0 fully saturated rings. The zero-order valence-corrected chi connectivity index (χ0v) is 10.8. The van der Waals surface area contributed by atoms with Gasteiger partial charge in [-0.3, -0.25) is 0 Å². The Kier molecular flexibility index (Phi) is 2.45. The molecule has 1 aliphatic heterocycles. The Morgan fingerprint density at radius 1 is 1.47 bits per heavy atom. The standard InChI is InChI=1S/C12H15BrO2/c1-7-6-9(14)10(13)8-4-5-12(2,3)15-11(7)8/h6,14H,4-5H2,1-3H3. The summed E-state index contributed by atoms with van der Waals surface area (Å²) in [6.07, 6.45) is 1.92. The number of hydrogen-bond donors (Lipinski definition) is 1. The second kappa shape index (κ2) is 3.41. The minimum atomic E-state index is -0.103. The maximum atomic E-state index is 9.68. The lowest BCUT2D eigenvalue weighted by molar-refractivity contribution is 0.0832. The molecule has 0 atom stereocenters. The molecule has 0 radical (unpaired) electrons. The van der Waals surface area contributed by atoms with Crippen LogP contribution in [-0.4, -0.2) is 10.7 Å². The smallest absolute Gasteiger partial charge is 0.130 e. The average molecular weight is 271 g/mol. The number of phenolic OH excluding ortho intramolecular Hbond substituents is 1. The van der Waals surface area contributed by atoms with Crippen molar-refractivity contribution >= 4 is 15.9 Å². The fourth-order valence-corrected chi connectivity index (χ4v) is 2.44. The summed E-state index contributed by atoms with van der Waals surface area (Å²) in [7, 11) is 0. The average Bonchev–Trinajstić information content (AvgIpc) is 2.13. The van der Waals surface area contributed by atoms with Crippen LogP contribution in [0, 0.1) is 6.92 Å². The van der Waals surface area contributed by atoms with Crippen molar-refractivity contribution in [2.75, 3.05) is 0 Å². The molecular formula is C12H15BrO2. The third kappa shape index (κ3) is 1.85. The molecule has 0 bridgehead atoms. The van der Waals surface area contributed by atoms with E-state index in [-0.39, 0.29) is 5.60 Å². The molecule has 0 aromatic heterocycles. The van der Waals surface area contributed by atoms with Gasteiger partial charge in [0, 0.05) is 5.56 Å². The van der Waals surface area contributed by atoms with Crippen LogP contribution in [0.3, 0.4) is 0 Å². The quantitative estimate of drug-likeness (QED) is 0.781. The van der Waals surface area contributed by atoms with Crippen molar-refractivity contribution in [1.82, 2.24) is 0 Å². The molecule has 3 heteroatoms. The minimum Gasteiger partial charge on any atom is -0.507 e. The normalized spacial score (nSPS) is 18.1. The summed E-state index contributed by atoms with van der Waals surface area (Å²) in [5, 5.41) is 9.68. The molecule has 1 aromatic carbocycles. The van der Waals surface area contributed by atoms with Crippen molar-refractivity contribution < 1.29 is 9.84 Å². The van der Waals surface area contributed by atoms with Gasteiger partial charge in [-0.05, 0) is 61.2 Å². The highest BCUT2D eigenvalue weighted by Crippen LogP contribution is 2.43. The number of ether oxygens (including phenoxy) is 1. The first-order valence-corrected chi connectivity index (χ1v) is 5.90. The molecule has 82 valence electrons. The van der Waals surface area contributed by atoms with Crippen molar-refractivity contribution in [2.24, 2.45) is 0 Å². The number of benzene rings is 1. The summed E-state index contributed by atoms with van der Waals surface area (Å²) in [5.74, 6) is 1.23. The highest BCUT2D eigenvalue weighted by atomic mass is 79.9. The van der Waals surface area contributed by atoms with E-state index < -0.39 is 0 Å². The molecule has 1 N–H and O–H groups in total. The molecule has 0 aliphatic carbocycles. The molecule has 2 nitrogen and oxygen atoms in total. The number of halogens is 1. The van der Waals surface area contributed by atoms with Gasteiger partial charge in [-0.2, -0.15) is 0 Å². The number of hydrogen-bond acceptors (Lipinski definition) is 2. The van der Waals surface area contributed by atoms with Crippen LogP contribution >= 0.6 is 15.9 Å².